The van der Waals surface area contributed by atoms with E-state index in [1.165, 1.54) is 0 Å². The average Bonchev–Trinajstić information content (AvgIpc) is 2.82. The number of hydrogen-bond acceptors (Lipinski definition) is 4. The first-order valence-electron chi connectivity index (χ1n) is 10.8. The standard InChI is InChI=1S/C22H36N4O4S/c1-15(2)25(16(3)4)21(27)13-23-19-11-9-10-12-20(19)24(31(23,29)30)14-22(28)26(17(5)6)18(7)8/h9-12,15-18H,13-14H2,1-8H3. The second-order valence-corrected chi connectivity index (χ2v) is 10.8. The van der Waals surface area contributed by atoms with Crippen molar-refractivity contribution in [3.63, 3.8) is 0 Å². The first kappa shape index (κ1) is 25.0. The van der Waals surface area contributed by atoms with Gasteiger partial charge in [-0.05, 0) is 67.5 Å². The highest BCUT2D eigenvalue weighted by Crippen LogP contribution is 2.40. The number of fused-ring (bicyclic) bond motifs is 1. The van der Waals surface area contributed by atoms with Crippen molar-refractivity contribution in [2.24, 2.45) is 0 Å². The largest absolute Gasteiger partial charge is 0.336 e. The molecular weight excluding hydrogens is 416 g/mol. The van der Waals surface area contributed by atoms with Gasteiger partial charge < -0.3 is 9.80 Å². The van der Waals surface area contributed by atoms with E-state index in [-0.39, 0.29) is 49.1 Å². The molecule has 0 bridgehead atoms. The van der Waals surface area contributed by atoms with Crippen LogP contribution in [0.5, 0.6) is 0 Å². The van der Waals surface area contributed by atoms with Gasteiger partial charge in [-0.25, -0.2) is 8.61 Å². The molecule has 1 heterocycles. The molecule has 174 valence electrons. The second-order valence-electron chi connectivity index (χ2n) is 8.99. The Balaban J connectivity index is 2.40. The normalized spacial score (nSPS) is 15.2. The van der Waals surface area contributed by atoms with Gasteiger partial charge in [0.2, 0.25) is 11.8 Å². The lowest BCUT2D eigenvalue weighted by molar-refractivity contribution is -0.133. The van der Waals surface area contributed by atoms with Crippen LogP contribution in [0, 0.1) is 0 Å². The first-order valence-corrected chi connectivity index (χ1v) is 12.2. The Bertz CT molecular complexity index is 829. The van der Waals surface area contributed by atoms with Gasteiger partial charge in [0.05, 0.1) is 11.4 Å². The minimum absolute atomic E-state index is 0.0589. The van der Waals surface area contributed by atoms with Gasteiger partial charge in [0.15, 0.2) is 0 Å². The minimum atomic E-state index is -4.08. The monoisotopic (exact) mass is 452 g/mol. The Hall–Kier alpha value is -2.29. The predicted molar refractivity (Wildman–Crippen MR) is 124 cm³/mol. The molecule has 0 unspecified atom stereocenters. The maximum Gasteiger partial charge on any atom is 0.327 e. The molecule has 0 fully saturated rings. The SMILES string of the molecule is CC(C)N(C(=O)CN1c2ccccc2N(CC(=O)N(C(C)C)C(C)C)S1(=O)=O)C(C)C. The van der Waals surface area contributed by atoms with Gasteiger partial charge >= 0.3 is 10.2 Å². The highest BCUT2D eigenvalue weighted by Gasteiger charge is 2.43. The van der Waals surface area contributed by atoms with Gasteiger partial charge in [0, 0.05) is 24.2 Å². The lowest BCUT2D eigenvalue weighted by Gasteiger charge is -2.33. The van der Waals surface area contributed by atoms with Gasteiger partial charge in [-0.3, -0.25) is 9.59 Å². The zero-order valence-electron chi connectivity index (χ0n) is 19.9. The molecule has 31 heavy (non-hydrogen) atoms. The summed E-state index contributed by atoms with van der Waals surface area (Å²) in [6.07, 6.45) is 0. The number of carbonyl (C=O) groups is 2. The molecule has 1 aromatic rings. The number of benzene rings is 1. The Morgan fingerprint density at radius 3 is 1.26 bits per heavy atom. The quantitative estimate of drug-likeness (QED) is 0.607. The number of hydrogen-bond donors (Lipinski definition) is 0. The summed E-state index contributed by atoms with van der Waals surface area (Å²) in [6.45, 7) is 14.6. The van der Waals surface area contributed by atoms with E-state index in [1.807, 2.05) is 55.4 Å². The Morgan fingerprint density at radius 2 is 1.00 bits per heavy atom. The molecule has 0 aliphatic carbocycles. The van der Waals surface area contributed by atoms with E-state index < -0.39 is 10.2 Å². The first-order chi connectivity index (χ1) is 14.3. The zero-order valence-corrected chi connectivity index (χ0v) is 20.7. The Morgan fingerprint density at radius 1 is 0.710 bits per heavy atom. The van der Waals surface area contributed by atoms with Crippen molar-refractivity contribution < 1.29 is 18.0 Å². The number of nitrogens with zero attached hydrogens (tertiary/aromatic N) is 4. The maximum absolute atomic E-state index is 13.5. The van der Waals surface area contributed by atoms with E-state index in [1.54, 1.807) is 34.1 Å². The van der Waals surface area contributed by atoms with Crippen LogP contribution in [-0.2, 0) is 19.8 Å². The molecule has 0 saturated heterocycles. The van der Waals surface area contributed by atoms with Crippen LogP contribution < -0.4 is 8.61 Å². The van der Waals surface area contributed by atoms with Crippen molar-refractivity contribution in [2.75, 3.05) is 21.7 Å². The third kappa shape index (κ3) is 4.97. The van der Waals surface area contributed by atoms with E-state index in [2.05, 4.69) is 0 Å². The minimum Gasteiger partial charge on any atom is -0.336 e. The maximum atomic E-state index is 13.5. The Kier molecular flexibility index (Phi) is 7.62. The highest BCUT2D eigenvalue weighted by molar-refractivity contribution is 7.94. The Labute approximate surface area is 187 Å². The molecule has 8 nitrogen and oxygen atoms in total. The van der Waals surface area contributed by atoms with E-state index in [0.29, 0.717) is 11.4 Å². The molecule has 0 spiro atoms. The third-order valence-corrected chi connectivity index (χ3v) is 7.10. The smallest absolute Gasteiger partial charge is 0.327 e. The summed E-state index contributed by atoms with van der Waals surface area (Å²) in [5.41, 5.74) is 0.827. The van der Waals surface area contributed by atoms with Crippen LogP contribution in [0.15, 0.2) is 24.3 Å². The summed E-state index contributed by atoms with van der Waals surface area (Å²) in [7, 11) is -4.08. The molecular formula is C22H36N4O4S. The fourth-order valence-corrected chi connectivity index (χ4v) is 5.93. The summed E-state index contributed by atoms with van der Waals surface area (Å²) < 4.78 is 29.1. The van der Waals surface area contributed by atoms with Crippen molar-refractivity contribution in [1.29, 1.82) is 0 Å². The molecule has 9 heteroatoms. The number of rotatable bonds is 8. The highest BCUT2D eigenvalue weighted by atomic mass is 32.2. The lowest BCUT2D eigenvalue weighted by Crippen LogP contribution is -2.51. The summed E-state index contributed by atoms with van der Waals surface area (Å²) in [6, 6.07) is 6.56. The van der Waals surface area contributed by atoms with E-state index in [4.69, 9.17) is 0 Å². The molecule has 0 aromatic heterocycles. The van der Waals surface area contributed by atoms with E-state index in [0.717, 1.165) is 8.61 Å². The lowest BCUT2D eigenvalue weighted by atomic mass is 10.2. The van der Waals surface area contributed by atoms with Gasteiger partial charge in [-0.2, -0.15) is 8.42 Å². The molecule has 0 radical (unpaired) electrons. The van der Waals surface area contributed by atoms with Crippen LogP contribution in [0.25, 0.3) is 0 Å². The summed E-state index contributed by atoms with van der Waals surface area (Å²) in [4.78, 5) is 29.4. The van der Waals surface area contributed by atoms with Crippen molar-refractivity contribution >= 4 is 33.4 Å². The number of amides is 2. The number of para-hydroxylation sites is 2. The molecule has 1 aromatic carbocycles. The van der Waals surface area contributed by atoms with Gasteiger partial charge in [0.1, 0.15) is 13.1 Å². The third-order valence-electron chi connectivity index (χ3n) is 5.34. The molecule has 2 rings (SSSR count). The second kappa shape index (κ2) is 9.46. The summed E-state index contributed by atoms with van der Waals surface area (Å²) >= 11 is 0. The molecule has 0 atom stereocenters. The van der Waals surface area contributed by atoms with Crippen molar-refractivity contribution in [3.8, 4) is 0 Å². The van der Waals surface area contributed by atoms with Crippen LogP contribution in [0.3, 0.4) is 0 Å². The fourth-order valence-electron chi connectivity index (χ4n) is 4.34. The predicted octanol–water partition coefficient (Wildman–Crippen LogP) is 2.85. The number of carbonyl (C=O) groups excluding carboxylic acids is 2. The zero-order chi connectivity index (χ0) is 23.7. The molecule has 0 saturated carbocycles. The van der Waals surface area contributed by atoms with Crippen molar-refractivity contribution in [3.05, 3.63) is 24.3 Å². The van der Waals surface area contributed by atoms with Gasteiger partial charge in [0.25, 0.3) is 0 Å². The fraction of sp³-hybridized carbons (Fsp3) is 0.636. The van der Waals surface area contributed by atoms with Crippen LogP contribution in [0.4, 0.5) is 11.4 Å². The molecule has 0 N–H and O–H groups in total. The molecule has 2 amide bonds. The molecule has 1 aliphatic rings. The van der Waals surface area contributed by atoms with Gasteiger partial charge in [-0.1, -0.05) is 12.1 Å². The van der Waals surface area contributed by atoms with Crippen LogP contribution in [0.2, 0.25) is 0 Å². The van der Waals surface area contributed by atoms with Crippen molar-refractivity contribution in [1.82, 2.24) is 9.80 Å². The van der Waals surface area contributed by atoms with Crippen LogP contribution in [-0.4, -0.2) is 67.3 Å². The van der Waals surface area contributed by atoms with E-state index >= 15 is 0 Å². The number of anilines is 2. The van der Waals surface area contributed by atoms with Crippen LogP contribution in [0.1, 0.15) is 55.4 Å². The summed E-state index contributed by atoms with van der Waals surface area (Å²) in [5.74, 6) is -0.551. The topological polar surface area (TPSA) is 81.2 Å². The van der Waals surface area contributed by atoms with Crippen LogP contribution >= 0.6 is 0 Å². The van der Waals surface area contributed by atoms with Crippen molar-refractivity contribution in [2.45, 2.75) is 79.6 Å². The van der Waals surface area contributed by atoms with E-state index in [9.17, 15) is 18.0 Å². The van der Waals surface area contributed by atoms with Gasteiger partial charge in [-0.15, -0.1) is 0 Å². The molecule has 1 aliphatic heterocycles. The summed E-state index contributed by atoms with van der Waals surface area (Å²) in [5, 5.41) is 0. The average molecular weight is 453 g/mol.